The molecule has 17 N–H and O–H groups in total. The topological polar surface area (TPSA) is 443 Å². The Bertz CT molecular complexity index is 2170. The van der Waals surface area contributed by atoms with Gasteiger partial charge in [-0.25, -0.2) is 0 Å². The molecule has 4 fully saturated rings. The van der Waals surface area contributed by atoms with Crippen LogP contribution in [0.1, 0.15) is 174 Å². The number of carbonyl (C=O) groups is 13. The average Bonchev–Trinajstić information content (AvgIpc) is 4.29. The highest BCUT2D eigenvalue weighted by Crippen LogP contribution is 2.41. The molecule has 0 radical (unpaired) electrons. The second kappa shape index (κ2) is 41.3. The Morgan fingerprint density at radius 1 is 0.368 bits per heavy atom. The fraction of sp³-hybridized carbons (Fsp3) is 0.783. The fourth-order valence-corrected chi connectivity index (χ4v) is 10.8. The molecule has 0 saturated heterocycles. The zero-order valence-electron chi connectivity index (χ0n) is 51.7. The first-order valence-corrected chi connectivity index (χ1v) is 31.8. The van der Waals surface area contributed by atoms with Crippen molar-refractivity contribution in [3.63, 3.8) is 0 Å². The molecule has 0 aliphatic heterocycles. The molecule has 0 aromatic heterocycles. The summed E-state index contributed by atoms with van der Waals surface area (Å²) < 4.78 is 0. The molecule has 4 saturated carbocycles. The molecule has 4 unspecified atom stereocenters. The normalized spacial score (nSPS) is 15.9. The maximum Gasteiger partial charge on any atom is 0.242 e. The van der Waals surface area contributed by atoms with Gasteiger partial charge in [0.2, 0.25) is 76.8 Å². The minimum Gasteiger partial charge on any atom is -0.369 e. The zero-order chi connectivity index (χ0) is 64.3. The van der Waals surface area contributed by atoms with Gasteiger partial charge in [-0.05, 0) is 146 Å². The fourth-order valence-electron chi connectivity index (χ4n) is 10.8. The predicted molar refractivity (Wildman–Crippen MR) is 324 cm³/mol. The molecule has 4 aliphatic carbocycles. The molecule has 27 nitrogen and oxygen atoms in total. The first kappa shape index (κ1) is 74.3. The third-order valence-electron chi connectivity index (χ3n) is 16.3. The van der Waals surface area contributed by atoms with Gasteiger partial charge in [-0.1, -0.05) is 25.7 Å². The van der Waals surface area contributed by atoms with Crippen molar-refractivity contribution in [1.82, 2.24) is 47.0 Å². The lowest BCUT2D eigenvalue weighted by molar-refractivity contribution is -0.139. The van der Waals surface area contributed by atoms with Crippen molar-refractivity contribution in [2.24, 2.45) is 76.0 Å². The molecule has 4 rings (SSSR count). The van der Waals surface area contributed by atoms with Crippen LogP contribution in [0.15, 0.2) is 0 Å². The largest absolute Gasteiger partial charge is 0.369 e. The summed E-state index contributed by atoms with van der Waals surface area (Å²) in [6.45, 7) is 3.55. The highest BCUT2D eigenvalue weighted by atomic mass is 16.2. The lowest BCUT2D eigenvalue weighted by atomic mass is 9.96. The SMILES string of the molecule is CC(=O)NCCCC[C@H](NC(C)=O)C(=O)NCCC(=O)N(CC(=O)NCCCCC(C(N)=O)C1CC1)CC(=O)NCCCCC(C(N)=O)C1CC1.NCCC(=O)N(CC(=O)NCCCCC(C(N)=O)C1CC1)CC(=O)NCCCCC(C(N)=O)C1CC1. The maximum absolute atomic E-state index is 13.2. The standard InChI is InChI=1S/C35H60N8O8.C25H44N6O5/c1-23(44)38-17-8-5-11-29(42-24(2)45)35(51)41-20-16-32(48)43(21-30(46)39-18-6-3-9-27(33(36)49)25-12-13-25)22-31(47)40-19-7-4-10-28(34(37)50)26-14-15-26;26-12-11-23(34)31(15-21(32)29-13-3-1-5-19(24(27)35)17-7-8-17)16-22(33)30-14-4-2-6-20(25(28)36)18-9-10-18/h25-29H,3-22H2,1-2H3,(H2,36,49)(H2,37,50)(H,38,44)(H,39,46)(H,40,47)(H,41,51)(H,42,45);17-20H,1-16,26H2,(H2,27,35)(H2,28,36)(H,29,32)(H,30,33)/t27?,28?,29-;/m0./s1. The molecule has 0 aromatic carbocycles. The summed E-state index contributed by atoms with van der Waals surface area (Å²) in [5, 5.41) is 19.0. The molecule has 0 bridgehead atoms. The quantitative estimate of drug-likeness (QED) is 0.0342. The number of rotatable bonds is 48. The van der Waals surface area contributed by atoms with E-state index >= 15 is 0 Å². The summed E-state index contributed by atoms with van der Waals surface area (Å²) >= 11 is 0. The zero-order valence-corrected chi connectivity index (χ0v) is 51.7. The summed E-state index contributed by atoms with van der Waals surface area (Å²) in [7, 11) is 0. The van der Waals surface area contributed by atoms with E-state index in [0.717, 1.165) is 81.9 Å². The smallest absolute Gasteiger partial charge is 0.242 e. The van der Waals surface area contributed by atoms with E-state index in [0.29, 0.717) is 127 Å². The Kier molecular flexibility index (Phi) is 35.3. The van der Waals surface area contributed by atoms with Crippen LogP contribution in [0.5, 0.6) is 0 Å². The number of hydrogen-bond donors (Lipinski definition) is 12. The highest BCUT2D eigenvalue weighted by Gasteiger charge is 2.37. The van der Waals surface area contributed by atoms with Gasteiger partial charge in [0.15, 0.2) is 0 Å². The van der Waals surface area contributed by atoms with Gasteiger partial charge in [0.05, 0.1) is 0 Å². The predicted octanol–water partition coefficient (Wildman–Crippen LogP) is -0.512. The molecule has 13 amide bonds. The van der Waals surface area contributed by atoms with Crippen LogP contribution in [0.2, 0.25) is 0 Å². The summed E-state index contributed by atoms with van der Waals surface area (Å²) in [5.74, 6) is -3.43. The van der Waals surface area contributed by atoms with Crippen molar-refractivity contribution in [1.29, 1.82) is 0 Å². The second-order valence-electron chi connectivity index (χ2n) is 24.1. The first-order valence-electron chi connectivity index (χ1n) is 31.8. The van der Waals surface area contributed by atoms with Crippen molar-refractivity contribution in [3.05, 3.63) is 0 Å². The number of nitrogens with zero attached hydrogens (tertiary/aromatic N) is 2. The molecule has 0 aromatic rings. The summed E-state index contributed by atoms with van der Waals surface area (Å²) in [6, 6.07) is -0.826. The third kappa shape index (κ3) is 33.7. The molecule has 492 valence electrons. The van der Waals surface area contributed by atoms with E-state index in [1.54, 1.807) is 0 Å². The second-order valence-corrected chi connectivity index (χ2v) is 24.1. The molecule has 0 heterocycles. The molecule has 0 spiro atoms. The molecule has 27 heteroatoms. The van der Waals surface area contributed by atoms with Crippen LogP contribution >= 0.6 is 0 Å². The summed E-state index contributed by atoms with van der Waals surface area (Å²) in [6.07, 6.45) is 18.1. The van der Waals surface area contributed by atoms with Crippen LogP contribution < -0.4 is 65.9 Å². The Hall–Kier alpha value is -6.93. The van der Waals surface area contributed by atoms with Gasteiger partial charge < -0.3 is 75.7 Å². The van der Waals surface area contributed by atoms with Crippen molar-refractivity contribution in [2.45, 2.75) is 180 Å². The number of nitrogens with one attached hydrogen (secondary N) is 7. The van der Waals surface area contributed by atoms with Gasteiger partial charge in [0.1, 0.15) is 32.2 Å². The van der Waals surface area contributed by atoms with Crippen molar-refractivity contribution in [2.75, 3.05) is 72.0 Å². The number of primary amides is 4. The minimum absolute atomic E-state index is 0.0475. The van der Waals surface area contributed by atoms with Gasteiger partial charge in [-0.3, -0.25) is 62.3 Å². The van der Waals surface area contributed by atoms with Crippen LogP contribution in [0.25, 0.3) is 0 Å². The van der Waals surface area contributed by atoms with Crippen LogP contribution in [-0.2, 0) is 62.3 Å². The van der Waals surface area contributed by atoms with E-state index in [1.165, 1.54) is 18.7 Å². The number of carbonyl (C=O) groups excluding carboxylic acids is 13. The van der Waals surface area contributed by atoms with Crippen molar-refractivity contribution < 1.29 is 62.3 Å². The monoisotopic (exact) mass is 1230 g/mol. The Morgan fingerprint density at radius 3 is 0.920 bits per heavy atom. The minimum atomic E-state index is -0.826. The molecule has 87 heavy (non-hydrogen) atoms. The van der Waals surface area contributed by atoms with E-state index in [1.807, 2.05) is 0 Å². The van der Waals surface area contributed by atoms with Gasteiger partial charge in [0, 0.05) is 96.2 Å². The summed E-state index contributed by atoms with van der Waals surface area (Å²) in [4.78, 5) is 160. The van der Waals surface area contributed by atoms with Crippen LogP contribution in [-0.4, -0.2) is 165 Å². The van der Waals surface area contributed by atoms with Crippen LogP contribution in [0.3, 0.4) is 0 Å². The molecule has 5 atom stereocenters. The number of unbranched alkanes of at least 4 members (excludes halogenated alkanes) is 5. The van der Waals surface area contributed by atoms with E-state index in [4.69, 9.17) is 28.7 Å². The number of amides is 13. The lowest BCUT2D eigenvalue weighted by Crippen LogP contribution is -2.48. The van der Waals surface area contributed by atoms with Gasteiger partial charge in [-0.15, -0.1) is 0 Å². The van der Waals surface area contributed by atoms with Gasteiger partial charge >= 0.3 is 0 Å². The molecular formula is C60H104N14O13. The maximum atomic E-state index is 13.2. The number of nitrogens with two attached hydrogens (primary N) is 5. The van der Waals surface area contributed by atoms with Gasteiger partial charge in [-0.2, -0.15) is 0 Å². The Labute approximate surface area is 512 Å². The van der Waals surface area contributed by atoms with Crippen molar-refractivity contribution >= 4 is 76.8 Å². The van der Waals surface area contributed by atoms with E-state index in [2.05, 4.69) is 37.2 Å². The van der Waals surface area contributed by atoms with E-state index < -0.39 is 29.7 Å². The average molecular weight is 1230 g/mol. The van der Waals surface area contributed by atoms with Crippen molar-refractivity contribution in [3.8, 4) is 0 Å². The van der Waals surface area contributed by atoms with Crippen LogP contribution in [0.4, 0.5) is 0 Å². The lowest BCUT2D eigenvalue weighted by Gasteiger charge is -2.23. The van der Waals surface area contributed by atoms with E-state index in [-0.39, 0.29) is 129 Å². The Balaban J connectivity index is 0.000000483. The van der Waals surface area contributed by atoms with Crippen LogP contribution in [0, 0.1) is 47.3 Å². The third-order valence-corrected chi connectivity index (χ3v) is 16.3. The number of hydrogen-bond acceptors (Lipinski definition) is 14. The molecule has 4 aliphatic rings. The van der Waals surface area contributed by atoms with E-state index in [9.17, 15) is 62.3 Å². The first-order chi connectivity index (χ1) is 41.5. The molecular weight excluding hydrogens is 1120 g/mol. The summed E-state index contributed by atoms with van der Waals surface area (Å²) in [5.41, 5.74) is 27.5. The highest BCUT2D eigenvalue weighted by molar-refractivity contribution is 5.91. The van der Waals surface area contributed by atoms with Gasteiger partial charge in [0.25, 0.3) is 0 Å². The Morgan fingerprint density at radius 2 is 0.655 bits per heavy atom.